The number of carbonyl (C=O) groups is 1. The minimum atomic E-state index is -1.22. The van der Waals surface area contributed by atoms with Crippen molar-refractivity contribution in [3.05, 3.63) is 70.8 Å². The van der Waals surface area contributed by atoms with E-state index in [9.17, 15) is 9.90 Å². The molecule has 2 N–H and O–H groups in total. The minimum Gasteiger partial charge on any atom is -0.378 e. The summed E-state index contributed by atoms with van der Waals surface area (Å²) in [7, 11) is 0. The van der Waals surface area contributed by atoms with Crippen LogP contribution in [0.3, 0.4) is 0 Å². The number of aryl methyl sites for hydroxylation is 2. The SMILES string of the molecule is CCCCCCCCc1ccc(C(O)(c2ccc(CCCCCCCC)cc2)[C@H]2CCC(=O)N2)cc1. The lowest BCUT2D eigenvalue weighted by Crippen LogP contribution is -2.47. The number of nitrogens with one attached hydrogen (secondary N) is 1. The van der Waals surface area contributed by atoms with Crippen molar-refractivity contribution in [3.63, 3.8) is 0 Å². The maximum Gasteiger partial charge on any atom is 0.220 e. The lowest BCUT2D eigenvalue weighted by molar-refractivity contribution is -0.120. The molecule has 0 bridgehead atoms. The van der Waals surface area contributed by atoms with Crippen molar-refractivity contribution in [3.8, 4) is 0 Å². The Labute approximate surface area is 220 Å². The Hall–Kier alpha value is -2.13. The number of aliphatic hydroxyl groups is 1. The molecule has 3 nitrogen and oxygen atoms in total. The van der Waals surface area contributed by atoms with Gasteiger partial charge in [0, 0.05) is 6.42 Å². The molecule has 2 aromatic rings. The first-order valence-corrected chi connectivity index (χ1v) is 14.8. The smallest absolute Gasteiger partial charge is 0.220 e. The molecule has 0 spiro atoms. The predicted octanol–water partition coefficient (Wildman–Crippen LogP) is 8.01. The molecular weight excluding hydrogens is 442 g/mol. The fraction of sp³-hybridized carbons (Fsp3) is 0.606. The van der Waals surface area contributed by atoms with Gasteiger partial charge in [0.2, 0.25) is 5.91 Å². The van der Waals surface area contributed by atoms with Crippen LogP contribution < -0.4 is 5.32 Å². The fourth-order valence-corrected chi connectivity index (χ4v) is 5.57. The Bertz CT molecular complexity index is 827. The Morgan fingerprint density at radius 2 is 1.11 bits per heavy atom. The zero-order valence-corrected chi connectivity index (χ0v) is 22.9. The van der Waals surface area contributed by atoms with E-state index < -0.39 is 5.60 Å². The number of carbonyl (C=O) groups excluding carboxylic acids is 1. The van der Waals surface area contributed by atoms with Gasteiger partial charge < -0.3 is 10.4 Å². The minimum absolute atomic E-state index is 0.0258. The Morgan fingerprint density at radius 1 is 0.694 bits per heavy atom. The van der Waals surface area contributed by atoms with Crippen LogP contribution in [-0.2, 0) is 23.2 Å². The van der Waals surface area contributed by atoms with Gasteiger partial charge in [0.1, 0.15) is 5.60 Å². The molecule has 1 fully saturated rings. The maximum absolute atomic E-state index is 12.1. The average molecular weight is 492 g/mol. The van der Waals surface area contributed by atoms with Gasteiger partial charge in [-0.1, -0.05) is 127 Å². The van der Waals surface area contributed by atoms with Gasteiger partial charge >= 0.3 is 0 Å². The molecule has 36 heavy (non-hydrogen) atoms. The zero-order chi connectivity index (χ0) is 25.6. The van der Waals surface area contributed by atoms with Crippen LogP contribution in [0, 0.1) is 0 Å². The number of unbranched alkanes of at least 4 members (excludes halogenated alkanes) is 10. The van der Waals surface area contributed by atoms with Gasteiger partial charge in [0.15, 0.2) is 0 Å². The summed E-state index contributed by atoms with van der Waals surface area (Å²) in [6.45, 7) is 4.51. The summed E-state index contributed by atoms with van der Waals surface area (Å²) in [6.07, 6.45) is 18.8. The largest absolute Gasteiger partial charge is 0.378 e. The molecule has 1 aliphatic rings. The van der Waals surface area contributed by atoms with Gasteiger partial charge in [0.05, 0.1) is 6.04 Å². The van der Waals surface area contributed by atoms with Crippen molar-refractivity contribution in [1.29, 1.82) is 0 Å². The van der Waals surface area contributed by atoms with Crippen LogP contribution >= 0.6 is 0 Å². The van der Waals surface area contributed by atoms with Crippen molar-refractivity contribution in [2.75, 3.05) is 0 Å². The van der Waals surface area contributed by atoms with E-state index in [0.29, 0.717) is 12.8 Å². The maximum atomic E-state index is 12.1. The highest BCUT2D eigenvalue weighted by molar-refractivity contribution is 5.79. The summed E-state index contributed by atoms with van der Waals surface area (Å²) in [5, 5.41) is 15.2. The first-order chi connectivity index (χ1) is 17.6. The second-order valence-electron chi connectivity index (χ2n) is 10.9. The Morgan fingerprint density at radius 3 is 1.50 bits per heavy atom. The molecular formula is C33H49NO2. The second kappa shape index (κ2) is 15.2. The van der Waals surface area contributed by atoms with Crippen molar-refractivity contribution < 1.29 is 9.90 Å². The van der Waals surface area contributed by atoms with E-state index >= 15 is 0 Å². The molecule has 0 aromatic heterocycles. The molecule has 0 radical (unpaired) electrons. The molecule has 1 aliphatic heterocycles. The van der Waals surface area contributed by atoms with Gasteiger partial charge in [-0.25, -0.2) is 0 Å². The van der Waals surface area contributed by atoms with Crippen LogP contribution in [0.5, 0.6) is 0 Å². The van der Waals surface area contributed by atoms with Crippen LogP contribution in [-0.4, -0.2) is 17.1 Å². The van der Waals surface area contributed by atoms with Crippen molar-refractivity contribution >= 4 is 5.91 Å². The third kappa shape index (κ3) is 8.20. The summed E-state index contributed by atoms with van der Waals surface area (Å²) in [5.74, 6) is 0.0258. The topological polar surface area (TPSA) is 49.3 Å². The van der Waals surface area contributed by atoms with E-state index in [4.69, 9.17) is 0 Å². The van der Waals surface area contributed by atoms with Crippen LogP contribution in [0.25, 0.3) is 0 Å². The van der Waals surface area contributed by atoms with E-state index in [1.807, 2.05) is 0 Å². The van der Waals surface area contributed by atoms with Crippen LogP contribution in [0.2, 0.25) is 0 Å². The molecule has 0 unspecified atom stereocenters. The van der Waals surface area contributed by atoms with Gasteiger partial charge in [-0.05, 0) is 54.4 Å². The van der Waals surface area contributed by atoms with E-state index in [1.165, 1.54) is 88.2 Å². The van der Waals surface area contributed by atoms with Crippen LogP contribution in [0.4, 0.5) is 0 Å². The lowest BCUT2D eigenvalue weighted by atomic mass is 9.79. The first-order valence-electron chi connectivity index (χ1n) is 14.8. The van der Waals surface area contributed by atoms with Gasteiger partial charge in [-0.2, -0.15) is 0 Å². The van der Waals surface area contributed by atoms with Gasteiger partial charge in [-0.15, -0.1) is 0 Å². The van der Waals surface area contributed by atoms with Crippen LogP contribution in [0.15, 0.2) is 48.5 Å². The van der Waals surface area contributed by atoms with Crippen LogP contribution in [0.1, 0.15) is 126 Å². The molecule has 0 aliphatic carbocycles. The summed E-state index contributed by atoms with van der Waals surface area (Å²) in [5.41, 5.74) is 3.15. The molecule has 1 amide bonds. The third-order valence-electron chi connectivity index (χ3n) is 7.93. The molecule has 1 atom stereocenters. The molecule has 2 aromatic carbocycles. The summed E-state index contributed by atoms with van der Waals surface area (Å²) in [4.78, 5) is 12.1. The molecule has 3 rings (SSSR count). The van der Waals surface area contributed by atoms with E-state index in [2.05, 4.69) is 67.7 Å². The number of hydrogen-bond acceptors (Lipinski definition) is 2. The van der Waals surface area contributed by atoms with E-state index in [0.717, 1.165) is 24.0 Å². The second-order valence-corrected chi connectivity index (χ2v) is 10.9. The van der Waals surface area contributed by atoms with Crippen molar-refractivity contribution in [2.24, 2.45) is 0 Å². The summed E-state index contributed by atoms with van der Waals surface area (Å²) >= 11 is 0. The lowest BCUT2D eigenvalue weighted by Gasteiger charge is -2.35. The monoisotopic (exact) mass is 491 g/mol. The highest BCUT2D eigenvalue weighted by Gasteiger charge is 2.43. The molecule has 0 saturated carbocycles. The quantitative estimate of drug-likeness (QED) is 0.220. The van der Waals surface area contributed by atoms with Crippen molar-refractivity contribution in [1.82, 2.24) is 5.32 Å². The number of amides is 1. The van der Waals surface area contributed by atoms with E-state index in [-0.39, 0.29) is 11.9 Å². The van der Waals surface area contributed by atoms with Crippen molar-refractivity contribution in [2.45, 2.75) is 128 Å². The standard InChI is InChI=1S/C33H49NO2/c1-3-5-7-9-11-13-15-27-17-21-29(22-18-27)33(36,31-25-26-32(35)34-31)30-23-19-28(20-24-30)16-14-12-10-8-6-4-2/h17-24,31,36H,3-16,25-26H2,1-2H3,(H,34,35)/t31-/m1/s1. The molecule has 198 valence electrons. The number of hydrogen-bond donors (Lipinski definition) is 2. The summed E-state index contributed by atoms with van der Waals surface area (Å²) < 4.78 is 0. The molecule has 1 saturated heterocycles. The Balaban J connectivity index is 1.66. The highest BCUT2D eigenvalue weighted by atomic mass is 16.3. The normalized spacial score (nSPS) is 15.9. The third-order valence-corrected chi connectivity index (χ3v) is 7.93. The molecule has 1 heterocycles. The Kier molecular flexibility index (Phi) is 12.0. The molecule has 3 heteroatoms. The number of benzene rings is 2. The number of rotatable bonds is 17. The van der Waals surface area contributed by atoms with E-state index in [1.54, 1.807) is 0 Å². The average Bonchev–Trinajstić information content (AvgIpc) is 3.35. The predicted molar refractivity (Wildman–Crippen MR) is 151 cm³/mol. The fourth-order valence-electron chi connectivity index (χ4n) is 5.57. The summed E-state index contributed by atoms with van der Waals surface area (Å²) in [6, 6.07) is 16.6. The zero-order valence-electron chi connectivity index (χ0n) is 22.9. The van der Waals surface area contributed by atoms with Gasteiger partial charge in [0.25, 0.3) is 0 Å². The highest BCUT2D eigenvalue weighted by Crippen LogP contribution is 2.37. The van der Waals surface area contributed by atoms with Gasteiger partial charge in [-0.3, -0.25) is 4.79 Å². The first kappa shape index (κ1) is 28.4.